The minimum absolute atomic E-state index is 0.0996. The fourth-order valence-corrected chi connectivity index (χ4v) is 32.7. The Bertz CT molecular complexity index is 1860. The number of H-pyrrole nitrogens is 2. The van der Waals surface area contributed by atoms with Gasteiger partial charge in [0.25, 0.3) is 0 Å². The molecule has 0 spiro atoms. The van der Waals surface area contributed by atoms with Gasteiger partial charge in [0.05, 0.1) is 0 Å². The number of Topliss-reactive ketones (excluding diaryl/α,β-unsaturated/α-hetero) is 1. The van der Waals surface area contributed by atoms with Gasteiger partial charge in [-0.2, -0.15) is 0 Å². The van der Waals surface area contributed by atoms with Gasteiger partial charge >= 0.3 is 299 Å². The van der Waals surface area contributed by atoms with Gasteiger partial charge < -0.3 is 0 Å². The van der Waals surface area contributed by atoms with Gasteiger partial charge in [0.1, 0.15) is 0 Å². The van der Waals surface area contributed by atoms with Gasteiger partial charge in [-0.1, -0.05) is 0 Å². The summed E-state index contributed by atoms with van der Waals surface area (Å²) >= 11 is -5.38. The van der Waals surface area contributed by atoms with Gasteiger partial charge in [-0.15, -0.1) is 0 Å². The van der Waals surface area contributed by atoms with Crippen molar-refractivity contribution in [1.82, 2.24) is 9.97 Å². The molecule has 50 heavy (non-hydrogen) atoms. The van der Waals surface area contributed by atoms with Crippen molar-refractivity contribution in [3.05, 3.63) is 110 Å². The number of nitrogens with one attached hydrogen (secondary N) is 2. The molecule has 1 heterocycles. The van der Waals surface area contributed by atoms with Crippen LogP contribution in [0.3, 0.4) is 0 Å². The fraction of sp³-hybridized carbons (Fsp3) is 0.450. The van der Waals surface area contributed by atoms with E-state index in [2.05, 4.69) is 23.0 Å². The van der Waals surface area contributed by atoms with E-state index >= 15 is 22.0 Å². The molecule has 4 aromatic rings. The topological polar surface area (TPSA) is 48.6 Å². The van der Waals surface area contributed by atoms with E-state index in [1.54, 1.807) is 116 Å². The molecular formula is C40H51AuBrF5N2O. The van der Waals surface area contributed by atoms with Crippen LogP contribution in [0.15, 0.2) is 73.1 Å². The van der Waals surface area contributed by atoms with E-state index in [1.165, 1.54) is 19.3 Å². The van der Waals surface area contributed by atoms with Crippen molar-refractivity contribution in [2.45, 2.75) is 114 Å². The zero-order valence-corrected chi connectivity index (χ0v) is 34.1. The van der Waals surface area contributed by atoms with Crippen molar-refractivity contribution in [1.29, 1.82) is 0 Å². The number of imidazole rings is 1. The van der Waals surface area contributed by atoms with Gasteiger partial charge in [0.2, 0.25) is 0 Å². The molecule has 0 aliphatic heterocycles. The number of aromatic nitrogens is 2. The molecule has 0 aliphatic carbocycles. The predicted molar refractivity (Wildman–Crippen MR) is 196 cm³/mol. The van der Waals surface area contributed by atoms with Crippen LogP contribution in [0.2, 0.25) is 0 Å². The molecule has 0 radical (unpaired) electrons. The van der Waals surface area contributed by atoms with Crippen LogP contribution in [0.25, 0.3) is 0 Å². The van der Waals surface area contributed by atoms with E-state index in [1.807, 2.05) is 0 Å². The summed E-state index contributed by atoms with van der Waals surface area (Å²) in [7, 11) is 0. The number of alkyl halides is 5. The molecule has 280 valence electrons. The van der Waals surface area contributed by atoms with E-state index in [0.29, 0.717) is 11.1 Å². The van der Waals surface area contributed by atoms with Crippen molar-refractivity contribution >= 4 is 26.4 Å². The standard InChI is InChI=1S/C12H13F2O.2C12H17.C3H4N2.CF3.Au.BrH/c1-9(15)11-7-5-10(6-8-11)3-2-4-12(13)14;2*1-9(2)11-6-5-7-12(8-11)10(3)4;1-2-5-3-4-1;2-1(3)4;;/h5-8H,2-4H2,1H3;2*5-7,9-10H,1-4H3;1-2,4-5H;;;1H/q;;;;;+1;/p-1. The number of carbonyl (C=O) groups excluding carboxylic acids is 1. The maximum absolute atomic E-state index is 19.1. The van der Waals surface area contributed by atoms with Crippen molar-refractivity contribution < 1.29 is 38.6 Å². The Balaban J connectivity index is 2.43. The fourth-order valence-electron chi connectivity index (χ4n) is 6.60. The minimum atomic E-state index is -8.92. The number of aryl methyl sites for hydroxylation is 1. The average molecular weight is 948 g/mol. The first kappa shape index (κ1) is 40.2. The van der Waals surface area contributed by atoms with Crippen LogP contribution in [0.4, 0.5) is 22.0 Å². The molecule has 0 fully saturated rings. The summed E-state index contributed by atoms with van der Waals surface area (Å²) in [5.41, 5.74) is 2.09. The molecule has 1 aromatic heterocycles. The number of hydrogen-bond donors (Lipinski definition) is 2. The summed E-state index contributed by atoms with van der Waals surface area (Å²) < 4.78 is 80.8. The van der Waals surface area contributed by atoms with E-state index in [9.17, 15) is 4.79 Å². The van der Waals surface area contributed by atoms with Crippen LogP contribution >= 0.6 is 13.0 Å². The number of ketones is 1. The first-order valence-corrected chi connectivity index (χ1v) is 27.1. The van der Waals surface area contributed by atoms with Crippen molar-refractivity contribution in [3.63, 3.8) is 0 Å². The molecule has 3 aromatic carbocycles. The van der Waals surface area contributed by atoms with Crippen molar-refractivity contribution in [2.75, 3.05) is 0 Å². The molecule has 0 atom stereocenters. The van der Waals surface area contributed by atoms with Crippen LogP contribution in [0.5, 0.6) is 0 Å². The molecular weight excluding hydrogens is 896 g/mol. The third-order valence-electron chi connectivity index (χ3n) is 9.27. The van der Waals surface area contributed by atoms with Crippen LogP contribution in [-0.2, 0) is 18.3 Å². The Hall–Kier alpha value is -2.59. The van der Waals surface area contributed by atoms with Gasteiger partial charge in [-0.25, -0.2) is 0 Å². The second kappa shape index (κ2) is 13.8. The zero-order chi connectivity index (χ0) is 37.5. The molecule has 0 bridgehead atoms. The van der Waals surface area contributed by atoms with E-state index in [4.69, 9.17) is 0 Å². The molecule has 0 unspecified atom stereocenters. The van der Waals surface area contributed by atoms with Crippen LogP contribution in [0.1, 0.15) is 137 Å². The number of halogens is 6. The zero-order valence-electron chi connectivity index (χ0n) is 30.3. The molecule has 10 heteroatoms. The quantitative estimate of drug-likeness (QED) is 0.0830. The van der Waals surface area contributed by atoms with Gasteiger partial charge in [-0.3, -0.25) is 0 Å². The maximum atomic E-state index is 19.1. The van der Waals surface area contributed by atoms with Crippen LogP contribution < -0.4 is 7.56 Å². The van der Waals surface area contributed by atoms with Crippen LogP contribution in [-0.4, -0.2) is 24.3 Å². The predicted octanol–water partition coefficient (Wildman–Crippen LogP) is 11.9. The summed E-state index contributed by atoms with van der Waals surface area (Å²) in [6, 6.07) is 16.4. The number of carbonyl (C=O) groups is 1. The van der Waals surface area contributed by atoms with Gasteiger partial charge in [0, 0.05) is 0 Å². The molecule has 0 aliphatic rings. The Kier molecular flexibility index (Phi) is 11.1. The average Bonchev–Trinajstić information content (AvgIpc) is 3.60. The Morgan fingerprint density at radius 3 is 1.38 bits per heavy atom. The molecule has 4 rings (SSSR count). The summed E-state index contributed by atoms with van der Waals surface area (Å²) in [5.74, 6) is -2.25. The normalized spacial score (nSPS) is 14.5. The Labute approximate surface area is 297 Å². The van der Waals surface area contributed by atoms with E-state index in [0.717, 1.165) is 0 Å². The number of rotatable bonds is 12. The molecule has 0 saturated heterocycles. The first-order valence-electron chi connectivity index (χ1n) is 17.0. The third kappa shape index (κ3) is 5.35. The van der Waals surface area contributed by atoms with E-state index in [-0.39, 0.29) is 48.4 Å². The molecule has 2 N–H and O–H groups in total. The van der Waals surface area contributed by atoms with Gasteiger partial charge in [-0.05, 0) is 0 Å². The number of hydrogen-bond acceptors (Lipinski definition) is 1. The first-order chi connectivity index (χ1) is 23.1. The second-order valence-electron chi connectivity index (χ2n) is 14.0. The molecule has 0 amide bonds. The van der Waals surface area contributed by atoms with Gasteiger partial charge in [0.15, 0.2) is 0 Å². The van der Waals surface area contributed by atoms with Crippen molar-refractivity contribution in [2.24, 2.45) is 0 Å². The number of aromatic amines is 2. The second-order valence-corrected chi connectivity index (χ2v) is 37.3. The summed E-state index contributed by atoms with van der Waals surface area (Å²) in [4.78, 5) is 17.5. The summed E-state index contributed by atoms with van der Waals surface area (Å²) in [6.45, 7) is 15.6. The Morgan fingerprint density at radius 1 is 0.680 bits per heavy atom. The van der Waals surface area contributed by atoms with E-state index < -0.39 is 54.2 Å². The monoisotopic (exact) mass is 946 g/mol. The molecule has 0 saturated carbocycles. The summed E-state index contributed by atoms with van der Waals surface area (Å²) in [6.07, 6.45) is 1.38. The Morgan fingerprint density at radius 2 is 1.06 bits per heavy atom. The number of benzene rings is 3. The SMILES string of the molecule is CC(=O)c1ccc(CCC[C](F)(F)[Au]([Br])([c]2c(C(C)C)cccc2C(C)C)([c]2c(C(C)C)cccc2C(C)C)(=[c]2[nH]cc[nH]2)[C](F)(F)F)cc1. The third-order valence-corrected chi connectivity index (χ3v) is 38.3. The van der Waals surface area contributed by atoms with Crippen molar-refractivity contribution in [3.8, 4) is 0 Å². The molecule has 3 nitrogen and oxygen atoms in total. The van der Waals surface area contributed by atoms with Crippen LogP contribution in [0, 0.1) is 3.63 Å². The summed E-state index contributed by atoms with van der Waals surface area (Å²) in [5, 5.41) is 0.